The highest BCUT2D eigenvalue weighted by Gasteiger charge is 2.21. The molecule has 5 heteroatoms. The summed E-state index contributed by atoms with van der Waals surface area (Å²) in [5, 5.41) is 9.98. The molecular formula is C40H74O5. The quantitative estimate of drug-likeness (QED) is 0.0426. The van der Waals surface area contributed by atoms with E-state index in [-0.39, 0.29) is 6.42 Å². The van der Waals surface area contributed by atoms with Crippen molar-refractivity contribution in [3.8, 4) is 0 Å². The Morgan fingerprint density at radius 2 is 0.778 bits per heavy atom. The first-order chi connectivity index (χ1) is 22.1. The van der Waals surface area contributed by atoms with Crippen LogP contribution in [0, 0.1) is 0 Å². The predicted molar refractivity (Wildman–Crippen MR) is 191 cm³/mol. The van der Waals surface area contributed by atoms with Crippen LogP contribution in [-0.4, -0.2) is 36.4 Å². The number of rotatable bonds is 35. The van der Waals surface area contributed by atoms with Crippen LogP contribution < -0.4 is 0 Å². The third kappa shape index (κ3) is 35.1. The molecule has 45 heavy (non-hydrogen) atoms. The van der Waals surface area contributed by atoms with Gasteiger partial charge in [0.05, 0.1) is 19.6 Å². The lowest BCUT2D eigenvalue weighted by Crippen LogP contribution is -2.27. The van der Waals surface area contributed by atoms with Crippen molar-refractivity contribution < 1.29 is 24.2 Å². The number of esters is 2. The monoisotopic (exact) mass is 635 g/mol. The molecule has 1 unspecified atom stereocenters. The Labute approximate surface area is 279 Å². The van der Waals surface area contributed by atoms with Crippen molar-refractivity contribution in [3.05, 3.63) is 24.3 Å². The normalized spacial score (nSPS) is 12.3. The summed E-state index contributed by atoms with van der Waals surface area (Å²) in [4.78, 5) is 23.9. The molecule has 0 bridgehead atoms. The highest BCUT2D eigenvalue weighted by molar-refractivity contribution is 5.81. The van der Waals surface area contributed by atoms with E-state index in [1.165, 1.54) is 141 Å². The number of unbranched alkanes of at least 4 members (excludes halogenated alkanes) is 24. The molecule has 0 saturated heterocycles. The van der Waals surface area contributed by atoms with Crippen molar-refractivity contribution in [2.45, 2.75) is 206 Å². The molecule has 0 aromatic heterocycles. The van der Waals surface area contributed by atoms with Gasteiger partial charge in [0.25, 0.3) is 0 Å². The second-order valence-corrected chi connectivity index (χ2v) is 13.0. The molecule has 0 aromatic carbocycles. The van der Waals surface area contributed by atoms with E-state index in [1.807, 2.05) is 0 Å². The number of ether oxygens (including phenoxy) is 2. The van der Waals surface area contributed by atoms with Gasteiger partial charge in [-0.25, -0.2) is 4.79 Å². The van der Waals surface area contributed by atoms with Crippen LogP contribution in [0.4, 0.5) is 0 Å². The van der Waals surface area contributed by atoms with Gasteiger partial charge in [-0.3, -0.25) is 4.79 Å². The molecule has 0 amide bonds. The maximum atomic E-state index is 12.0. The molecule has 0 spiro atoms. The summed E-state index contributed by atoms with van der Waals surface area (Å²) in [7, 11) is 0. The topological polar surface area (TPSA) is 72.8 Å². The summed E-state index contributed by atoms with van der Waals surface area (Å²) in [6.07, 6.45) is 42.0. The molecule has 5 nitrogen and oxygen atoms in total. The smallest absolute Gasteiger partial charge is 0.335 e. The summed E-state index contributed by atoms with van der Waals surface area (Å²) in [6.45, 7) is 5.16. The Hall–Kier alpha value is -1.62. The highest BCUT2D eigenvalue weighted by atomic mass is 16.6. The fourth-order valence-corrected chi connectivity index (χ4v) is 5.45. The van der Waals surface area contributed by atoms with E-state index in [4.69, 9.17) is 9.47 Å². The molecule has 0 aliphatic carbocycles. The number of carbonyl (C=O) groups is 2. The SMILES string of the molecule is CCCCCCCC/C=C\CCCCCCCCOC(=O)CC(O)C(=O)OCCCCCCCC/C=C\CCCCCCCC. The van der Waals surface area contributed by atoms with Crippen molar-refractivity contribution in [2.24, 2.45) is 0 Å². The van der Waals surface area contributed by atoms with E-state index in [1.54, 1.807) is 0 Å². The van der Waals surface area contributed by atoms with Crippen molar-refractivity contribution in [1.29, 1.82) is 0 Å². The summed E-state index contributed by atoms with van der Waals surface area (Å²) in [5.74, 6) is -1.26. The van der Waals surface area contributed by atoms with E-state index >= 15 is 0 Å². The minimum Gasteiger partial charge on any atom is -0.466 e. The van der Waals surface area contributed by atoms with Gasteiger partial charge < -0.3 is 14.6 Å². The molecule has 0 aromatic rings. The number of aliphatic hydroxyl groups is 1. The Morgan fingerprint density at radius 1 is 0.467 bits per heavy atom. The van der Waals surface area contributed by atoms with Crippen LogP contribution in [0.15, 0.2) is 24.3 Å². The van der Waals surface area contributed by atoms with Gasteiger partial charge in [-0.1, -0.05) is 154 Å². The van der Waals surface area contributed by atoms with Gasteiger partial charge in [0.1, 0.15) is 0 Å². The third-order valence-corrected chi connectivity index (χ3v) is 8.45. The number of aliphatic hydroxyl groups excluding tert-OH is 1. The predicted octanol–water partition coefficient (Wildman–Crippen LogP) is 11.9. The second kappa shape index (κ2) is 36.8. The number of hydrogen-bond acceptors (Lipinski definition) is 5. The van der Waals surface area contributed by atoms with E-state index in [0.29, 0.717) is 13.2 Å². The van der Waals surface area contributed by atoms with Crippen molar-refractivity contribution in [2.75, 3.05) is 13.2 Å². The van der Waals surface area contributed by atoms with Crippen LogP contribution in [0.5, 0.6) is 0 Å². The molecule has 264 valence electrons. The van der Waals surface area contributed by atoms with Crippen LogP contribution in [0.25, 0.3) is 0 Å². The Morgan fingerprint density at radius 3 is 1.16 bits per heavy atom. The zero-order chi connectivity index (χ0) is 32.9. The molecular weight excluding hydrogens is 560 g/mol. The van der Waals surface area contributed by atoms with E-state index in [9.17, 15) is 14.7 Å². The van der Waals surface area contributed by atoms with Crippen LogP contribution >= 0.6 is 0 Å². The standard InChI is InChI=1S/C40H74O5/c1-3-5-7-9-11-13-15-17-19-21-23-25-27-29-31-33-35-44-39(42)37-38(41)40(43)45-36-34-32-30-28-26-24-22-20-18-16-14-12-10-8-6-4-2/h17-20,38,41H,3-16,21-37H2,1-2H3/b19-17-,20-18-. The molecule has 0 fully saturated rings. The van der Waals surface area contributed by atoms with Gasteiger partial charge in [0.15, 0.2) is 6.10 Å². The summed E-state index contributed by atoms with van der Waals surface area (Å²) < 4.78 is 10.4. The van der Waals surface area contributed by atoms with Crippen LogP contribution in [0.1, 0.15) is 200 Å². The maximum Gasteiger partial charge on any atom is 0.335 e. The van der Waals surface area contributed by atoms with Crippen LogP contribution in [0.2, 0.25) is 0 Å². The maximum absolute atomic E-state index is 12.0. The zero-order valence-corrected chi connectivity index (χ0v) is 29.9. The molecule has 0 aliphatic rings. The second-order valence-electron chi connectivity index (χ2n) is 13.0. The van der Waals surface area contributed by atoms with Crippen molar-refractivity contribution >= 4 is 11.9 Å². The number of allylic oxidation sites excluding steroid dienone is 4. The fourth-order valence-electron chi connectivity index (χ4n) is 5.45. The molecule has 0 aliphatic heterocycles. The minimum absolute atomic E-state index is 0.293. The van der Waals surface area contributed by atoms with Gasteiger partial charge >= 0.3 is 11.9 Å². The molecule has 0 saturated carbocycles. The minimum atomic E-state index is -1.44. The number of hydrogen-bond donors (Lipinski definition) is 1. The summed E-state index contributed by atoms with van der Waals surface area (Å²) in [5.41, 5.74) is 0. The van der Waals surface area contributed by atoms with Gasteiger partial charge in [-0.15, -0.1) is 0 Å². The first-order valence-corrected chi connectivity index (χ1v) is 19.4. The molecule has 0 rings (SSSR count). The Balaban J connectivity index is 3.45. The van der Waals surface area contributed by atoms with E-state index in [0.717, 1.165) is 38.5 Å². The van der Waals surface area contributed by atoms with Gasteiger partial charge in [-0.2, -0.15) is 0 Å². The molecule has 1 atom stereocenters. The van der Waals surface area contributed by atoms with Crippen molar-refractivity contribution in [3.63, 3.8) is 0 Å². The Bertz CT molecular complexity index is 686. The average molecular weight is 635 g/mol. The van der Waals surface area contributed by atoms with Gasteiger partial charge in [0.2, 0.25) is 0 Å². The average Bonchev–Trinajstić information content (AvgIpc) is 3.03. The zero-order valence-electron chi connectivity index (χ0n) is 29.9. The lowest BCUT2D eigenvalue weighted by Gasteiger charge is -2.11. The number of carbonyl (C=O) groups excluding carboxylic acids is 2. The molecule has 0 radical (unpaired) electrons. The Kier molecular flexibility index (Phi) is 35.5. The van der Waals surface area contributed by atoms with Crippen molar-refractivity contribution in [1.82, 2.24) is 0 Å². The first kappa shape index (κ1) is 43.4. The summed E-state index contributed by atoms with van der Waals surface area (Å²) in [6, 6.07) is 0. The molecule has 1 N–H and O–H groups in total. The van der Waals surface area contributed by atoms with Gasteiger partial charge in [-0.05, 0) is 64.2 Å². The lowest BCUT2D eigenvalue weighted by molar-refractivity contribution is -0.160. The first-order valence-electron chi connectivity index (χ1n) is 19.4. The third-order valence-electron chi connectivity index (χ3n) is 8.45. The summed E-state index contributed by atoms with van der Waals surface area (Å²) >= 11 is 0. The molecule has 0 heterocycles. The van der Waals surface area contributed by atoms with Crippen LogP contribution in [-0.2, 0) is 19.1 Å². The van der Waals surface area contributed by atoms with Gasteiger partial charge in [0, 0.05) is 0 Å². The van der Waals surface area contributed by atoms with E-state index in [2.05, 4.69) is 38.2 Å². The van der Waals surface area contributed by atoms with E-state index < -0.39 is 18.0 Å². The van der Waals surface area contributed by atoms with Crippen LogP contribution in [0.3, 0.4) is 0 Å². The highest BCUT2D eigenvalue weighted by Crippen LogP contribution is 2.12. The lowest BCUT2D eigenvalue weighted by atomic mass is 10.1. The fraction of sp³-hybridized carbons (Fsp3) is 0.850. The largest absolute Gasteiger partial charge is 0.466 e.